The molecule has 5 nitrogen and oxygen atoms in total. The van der Waals surface area contributed by atoms with Gasteiger partial charge in [-0.1, -0.05) is 13.8 Å². The normalized spacial score (nSPS) is 12.4. The van der Waals surface area contributed by atoms with E-state index in [0.29, 0.717) is 12.2 Å². The Morgan fingerprint density at radius 3 is 2.57 bits per heavy atom. The van der Waals surface area contributed by atoms with Crippen LogP contribution in [0.4, 0.5) is 14.5 Å². The summed E-state index contributed by atoms with van der Waals surface area (Å²) in [4.78, 5) is 12.0. The van der Waals surface area contributed by atoms with Crippen LogP contribution >= 0.6 is 0 Å². The fourth-order valence-electron chi connectivity index (χ4n) is 1.77. The summed E-state index contributed by atoms with van der Waals surface area (Å²) in [7, 11) is 1.43. The highest BCUT2D eigenvalue weighted by molar-refractivity contribution is 5.96. The molecule has 7 heteroatoms. The van der Waals surface area contributed by atoms with Crippen LogP contribution in [-0.4, -0.2) is 25.7 Å². The maximum Gasteiger partial charge on any atom is 0.387 e. The van der Waals surface area contributed by atoms with Crippen molar-refractivity contribution in [3.63, 3.8) is 0 Å². The Hall–Kier alpha value is -1.89. The number of carbonyl (C=O) groups excluding carboxylic acids is 1. The summed E-state index contributed by atoms with van der Waals surface area (Å²) < 4.78 is 34.1. The third-order valence-electron chi connectivity index (χ3n) is 2.72. The van der Waals surface area contributed by atoms with Gasteiger partial charge in [-0.05, 0) is 24.5 Å². The number of nitrogens with two attached hydrogens (primary N) is 1. The molecule has 0 aliphatic carbocycles. The van der Waals surface area contributed by atoms with Crippen molar-refractivity contribution in [1.82, 2.24) is 0 Å². The zero-order valence-corrected chi connectivity index (χ0v) is 12.2. The molecule has 1 aromatic rings. The number of alkyl halides is 2. The lowest BCUT2D eigenvalue weighted by Gasteiger charge is -2.17. The molecule has 3 N–H and O–H groups in total. The number of methoxy groups -OCH3 is 1. The summed E-state index contributed by atoms with van der Waals surface area (Å²) in [5, 5.41) is 2.49. The average molecular weight is 302 g/mol. The number of hydrogen-bond acceptors (Lipinski definition) is 4. The number of amides is 1. The molecule has 0 unspecified atom stereocenters. The minimum absolute atomic E-state index is 0.0962. The Bertz CT molecular complexity index is 481. The van der Waals surface area contributed by atoms with Crippen molar-refractivity contribution in [2.45, 2.75) is 32.9 Å². The third-order valence-corrected chi connectivity index (χ3v) is 2.72. The lowest BCUT2D eigenvalue weighted by Crippen LogP contribution is -2.36. The molecule has 0 radical (unpaired) electrons. The Morgan fingerprint density at radius 2 is 2.05 bits per heavy atom. The number of ether oxygens (including phenoxy) is 2. The quantitative estimate of drug-likeness (QED) is 0.812. The van der Waals surface area contributed by atoms with Gasteiger partial charge in [0.1, 0.15) is 11.5 Å². The van der Waals surface area contributed by atoms with E-state index in [2.05, 4.69) is 10.1 Å². The topological polar surface area (TPSA) is 73.6 Å². The SMILES string of the molecule is COc1ccc(OC(F)F)c(NC(=O)[C@H](N)CC(C)C)c1. The zero-order valence-electron chi connectivity index (χ0n) is 12.2. The first-order valence-corrected chi connectivity index (χ1v) is 6.52. The highest BCUT2D eigenvalue weighted by Gasteiger charge is 2.18. The second-order valence-corrected chi connectivity index (χ2v) is 4.97. The van der Waals surface area contributed by atoms with Gasteiger partial charge in [0.15, 0.2) is 0 Å². The van der Waals surface area contributed by atoms with E-state index in [-0.39, 0.29) is 17.4 Å². The van der Waals surface area contributed by atoms with Crippen LogP contribution in [0.2, 0.25) is 0 Å². The number of hydrogen-bond donors (Lipinski definition) is 2. The number of rotatable bonds is 7. The van der Waals surface area contributed by atoms with Crippen LogP contribution in [-0.2, 0) is 4.79 Å². The van der Waals surface area contributed by atoms with Gasteiger partial charge in [0, 0.05) is 6.07 Å². The van der Waals surface area contributed by atoms with Crippen LogP contribution in [0.15, 0.2) is 18.2 Å². The Morgan fingerprint density at radius 1 is 1.38 bits per heavy atom. The molecule has 1 atom stereocenters. The Balaban J connectivity index is 2.90. The monoisotopic (exact) mass is 302 g/mol. The van der Waals surface area contributed by atoms with Crippen molar-refractivity contribution in [1.29, 1.82) is 0 Å². The molecule has 0 spiro atoms. The molecule has 21 heavy (non-hydrogen) atoms. The van der Waals surface area contributed by atoms with Gasteiger partial charge in [-0.25, -0.2) is 0 Å². The summed E-state index contributed by atoms with van der Waals surface area (Å²) in [6, 6.07) is 3.43. The number of benzene rings is 1. The lowest BCUT2D eigenvalue weighted by molar-refractivity contribution is -0.117. The fraction of sp³-hybridized carbons (Fsp3) is 0.500. The van der Waals surface area contributed by atoms with Crippen molar-refractivity contribution in [3.05, 3.63) is 18.2 Å². The van der Waals surface area contributed by atoms with Crippen LogP contribution in [0.5, 0.6) is 11.5 Å². The standard InChI is InChI=1S/C14H20F2N2O3/c1-8(2)6-10(17)13(19)18-11-7-9(20-3)4-5-12(11)21-14(15)16/h4-5,7-8,10,14H,6,17H2,1-3H3,(H,18,19)/t10-/m1/s1. The molecule has 1 aromatic carbocycles. The van der Waals surface area contributed by atoms with E-state index < -0.39 is 18.6 Å². The molecule has 0 heterocycles. The maximum atomic E-state index is 12.4. The van der Waals surface area contributed by atoms with Gasteiger partial charge in [-0.15, -0.1) is 0 Å². The Labute approximate surface area is 122 Å². The van der Waals surface area contributed by atoms with Crippen LogP contribution in [0.25, 0.3) is 0 Å². The van der Waals surface area contributed by atoms with Crippen molar-refractivity contribution in [3.8, 4) is 11.5 Å². The van der Waals surface area contributed by atoms with Crippen molar-refractivity contribution < 1.29 is 23.0 Å². The first-order chi connectivity index (χ1) is 9.83. The van der Waals surface area contributed by atoms with E-state index in [9.17, 15) is 13.6 Å². The molecule has 0 fully saturated rings. The molecule has 0 aliphatic heterocycles. The number of anilines is 1. The minimum atomic E-state index is -2.99. The summed E-state index contributed by atoms with van der Waals surface area (Å²) >= 11 is 0. The minimum Gasteiger partial charge on any atom is -0.497 e. The highest BCUT2D eigenvalue weighted by atomic mass is 19.3. The van der Waals surface area contributed by atoms with E-state index in [0.717, 1.165) is 0 Å². The summed E-state index contributed by atoms with van der Waals surface area (Å²) in [6.45, 7) is 0.881. The van der Waals surface area contributed by atoms with Crippen LogP contribution in [0.1, 0.15) is 20.3 Å². The fourth-order valence-corrected chi connectivity index (χ4v) is 1.77. The van der Waals surface area contributed by atoms with Gasteiger partial charge < -0.3 is 20.5 Å². The van der Waals surface area contributed by atoms with Gasteiger partial charge >= 0.3 is 6.61 Å². The van der Waals surface area contributed by atoms with Crippen molar-refractivity contribution in [2.75, 3.05) is 12.4 Å². The molecule has 0 saturated heterocycles. The van der Waals surface area contributed by atoms with E-state index in [1.807, 2.05) is 13.8 Å². The van der Waals surface area contributed by atoms with E-state index in [1.165, 1.54) is 25.3 Å². The first kappa shape index (κ1) is 17.2. The van der Waals surface area contributed by atoms with E-state index in [4.69, 9.17) is 10.5 Å². The van der Waals surface area contributed by atoms with Crippen molar-refractivity contribution >= 4 is 11.6 Å². The number of carbonyl (C=O) groups is 1. The molecule has 0 bridgehead atoms. The van der Waals surface area contributed by atoms with Gasteiger partial charge in [0.2, 0.25) is 5.91 Å². The molecule has 0 aromatic heterocycles. The maximum absolute atomic E-state index is 12.4. The second-order valence-electron chi connectivity index (χ2n) is 4.97. The summed E-state index contributed by atoms with van der Waals surface area (Å²) in [5.74, 6) is 0.0455. The molecular formula is C14H20F2N2O3. The number of halogens is 2. The summed E-state index contributed by atoms with van der Waals surface area (Å²) in [5.41, 5.74) is 5.85. The zero-order chi connectivity index (χ0) is 16.0. The third kappa shape index (κ3) is 5.55. The average Bonchev–Trinajstić information content (AvgIpc) is 2.39. The molecule has 0 aliphatic rings. The lowest BCUT2D eigenvalue weighted by atomic mass is 10.0. The highest BCUT2D eigenvalue weighted by Crippen LogP contribution is 2.30. The predicted octanol–water partition coefficient (Wildman–Crippen LogP) is 2.61. The molecular weight excluding hydrogens is 282 g/mol. The van der Waals surface area contributed by atoms with Gasteiger partial charge in [-0.2, -0.15) is 8.78 Å². The second kappa shape index (κ2) is 7.78. The van der Waals surface area contributed by atoms with Gasteiger partial charge in [-0.3, -0.25) is 4.79 Å². The molecule has 1 rings (SSSR count). The molecule has 118 valence electrons. The predicted molar refractivity (Wildman–Crippen MR) is 75.7 cm³/mol. The van der Waals surface area contributed by atoms with Gasteiger partial charge in [0.05, 0.1) is 18.8 Å². The van der Waals surface area contributed by atoms with E-state index >= 15 is 0 Å². The first-order valence-electron chi connectivity index (χ1n) is 6.52. The van der Waals surface area contributed by atoms with Crippen LogP contribution in [0.3, 0.4) is 0 Å². The van der Waals surface area contributed by atoms with Gasteiger partial charge in [0.25, 0.3) is 0 Å². The largest absolute Gasteiger partial charge is 0.497 e. The van der Waals surface area contributed by atoms with Crippen molar-refractivity contribution in [2.24, 2.45) is 11.7 Å². The number of nitrogens with one attached hydrogen (secondary N) is 1. The molecule has 0 saturated carbocycles. The Kier molecular flexibility index (Phi) is 6.36. The van der Waals surface area contributed by atoms with E-state index in [1.54, 1.807) is 0 Å². The van der Waals surface area contributed by atoms with Crippen LogP contribution < -0.4 is 20.5 Å². The summed E-state index contributed by atoms with van der Waals surface area (Å²) in [6.07, 6.45) is 0.487. The molecule has 1 amide bonds. The van der Waals surface area contributed by atoms with Crippen LogP contribution in [0, 0.1) is 5.92 Å². The smallest absolute Gasteiger partial charge is 0.387 e.